The molecule has 0 spiro atoms. The number of hydrogen-bond acceptors (Lipinski definition) is 4. The van der Waals surface area contributed by atoms with Crippen LogP contribution in [-0.4, -0.2) is 22.6 Å². The maximum atomic E-state index is 11.7. The van der Waals surface area contributed by atoms with E-state index in [2.05, 4.69) is 41.6 Å². The summed E-state index contributed by atoms with van der Waals surface area (Å²) in [6.07, 6.45) is 1.42. The van der Waals surface area contributed by atoms with Crippen LogP contribution < -0.4 is 11.2 Å². The molecule has 1 aromatic heterocycles. The summed E-state index contributed by atoms with van der Waals surface area (Å²) in [5, 5.41) is 0. The zero-order valence-corrected chi connectivity index (χ0v) is 14.0. The number of hydrogen-bond donors (Lipinski definition) is 1. The first-order valence-electron chi connectivity index (χ1n) is 5.78. The summed E-state index contributed by atoms with van der Waals surface area (Å²) in [5.74, 6) is -0.439. The highest BCUT2D eigenvalue weighted by atomic mass is 79.9. The molecule has 0 amide bonds. The van der Waals surface area contributed by atoms with Gasteiger partial charge in [0.2, 0.25) is 0 Å². The van der Waals surface area contributed by atoms with Gasteiger partial charge in [0.15, 0.2) is 0 Å². The van der Waals surface area contributed by atoms with Gasteiger partial charge in [0.05, 0.1) is 23.7 Å². The van der Waals surface area contributed by atoms with Crippen LogP contribution in [0.4, 0.5) is 0 Å². The van der Waals surface area contributed by atoms with Crippen LogP contribution in [0.5, 0.6) is 0 Å². The van der Waals surface area contributed by atoms with Gasteiger partial charge in [-0.3, -0.25) is 14.3 Å². The molecular weight excluding hydrogens is 408 g/mol. The average molecular weight is 418 g/mol. The van der Waals surface area contributed by atoms with Gasteiger partial charge in [0, 0.05) is 10.7 Å². The number of H-pyrrole nitrogens is 1. The third kappa shape index (κ3) is 3.51. The monoisotopic (exact) mass is 416 g/mol. The Morgan fingerprint density at radius 1 is 1.29 bits per heavy atom. The van der Waals surface area contributed by atoms with Crippen LogP contribution in [0.3, 0.4) is 0 Å². The minimum atomic E-state index is -0.507. The van der Waals surface area contributed by atoms with E-state index in [4.69, 9.17) is 0 Å². The molecule has 0 aliphatic carbocycles. The van der Waals surface area contributed by atoms with Gasteiger partial charge in [0.25, 0.3) is 5.56 Å². The minimum Gasteiger partial charge on any atom is -0.465 e. The third-order valence-electron chi connectivity index (χ3n) is 2.78. The number of esters is 1. The van der Waals surface area contributed by atoms with E-state index in [1.54, 1.807) is 18.2 Å². The van der Waals surface area contributed by atoms with Crippen LogP contribution in [0.2, 0.25) is 0 Å². The number of carbonyl (C=O) groups is 1. The molecule has 0 radical (unpaired) electrons. The molecule has 2 aromatic rings. The fraction of sp³-hybridized carbons (Fsp3) is 0.154. The van der Waals surface area contributed by atoms with E-state index in [0.29, 0.717) is 10.0 Å². The summed E-state index contributed by atoms with van der Waals surface area (Å²) in [6.45, 7) is 0.246. The highest BCUT2D eigenvalue weighted by molar-refractivity contribution is 9.10. The summed E-state index contributed by atoms with van der Waals surface area (Å²) in [4.78, 5) is 36.6. The zero-order chi connectivity index (χ0) is 15.6. The molecular formula is C13H10Br2N2O4. The summed E-state index contributed by atoms with van der Waals surface area (Å²) >= 11 is 6.43. The highest BCUT2D eigenvalue weighted by Crippen LogP contribution is 2.20. The van der Waals surface area contributed by atoms with Crippen molar-refractivity contribution in [1.82, 2.24) is 9.55 Å². The lowest BCUT2D eigenvalue weighted by molar-refractivity contribution is 0.0600. The molecule has 1 N–H and O–H groups in total. The molecule has 8 heteroatoms. The molecule has 0 unspecified atom stereocenters. The number of benzene rings is 1. The summed E-state index contributed by atoms with van der Waals surface area (Å²) in [7, 11) is 1.31. The Balaban J connectivity index is 2.37. The first-order valence-corrected chi connectivity index (χ1v) is 7.37. The largest absolute Gasteiger partial charge is 0.465 e. The number of carbonyl (C=O) groups excluding carboxylic acids is 1. The molecule has 21 heavy (non-hydrogen) atoms. The van der Waals surface area contributed by atoms with E-state index in [1.807, 2.05) is 0 Å². The van der Waals surface area contributed by atoms with E-state index < -0.39 is 17.2 Å². The van der Waals surface area contributed by atoms with E-state index in [-0.39, 0.29) is 11.0 Å². The van der Waals surface area contributed by atoms with Crippen LogP contribution >= 0.6 is 31.9 Å². The van der Waals surface area contributed by atoms with Gasteiger partial charge in [-0.2, -0.15) is 0 Å². The van der Waals surface area contributed by atoms with Crippen molar-refractivity contribution in [1.29, 1.82) is 0 Å². The van der Waals surface area contributed by atoms with Crippen LogP contribution in [0.1, 0.15) is 15.9 Å². The second-order valence-corrected chi connectivity index (χ2v) is 5.87. The van der Waals surface area contributed by atoms with Crippen molar-refractivity contribution < 1.29 is 9.53 Å². The van der Waals surface area contributed by atoms with E-state index >= 15 is 0 Å². The van der Waals surface area contributed by atoms with Gasteiger partial charge in [-0.1, -0.05) is 22.0 Å². The van der Waals surface area contributed by atoms with Crippen molar-refractivity contribution in [2.45, 2.75) is 6.54 Å². The smallest absolute Gasteiger partial charge is 0.337 e. The Hall–Kier alpha value is -1.67. The molecule has 0 atom stereocenters. The number of aromatic nitrogens is 2. The lowest BCUT2D eigenvalue weighted by Gasteiger charge is -2.09. The van der Waals surface area contributed by atoms with Crippen molar-refractivity contribution >= 4 is 37.8 Å². The molecule has 0 bridgehead atoms. The van der Waals surface area contributed by atoms with Gasteiger partial charge in [-0.05, 0) is 33.6 Å². The number of halogens is 2. The molecule has 1 heterocycles. The Bertz CT molecular complexity index is 811. The Morgan fingerprint density at radius 3 is 2.62 bits per heavy atom. The number of aromatic amines is 1. The van der Waals surface area contributed by atoms with E-state index in [1.165, 1.54) is 17.9 Å². The fourth-order valence-electron chi connectivity index (χ4n) is 1.70. The van der Waals surface area contributed by atoms with Crippen molar-refractivity contribution in [2.24, 2.45) is 0 Å². The van der Waals surface area contributed by atoms with Gasteiger partial charge in [0.1, 0.15) is 0 Å². The molecule has 2 rings (SSSR count). The maximum absolute atomic E-state index is 11.7. The van der Waals surface area contributed by atoms with Crippen molar-refractivity contribution in [3.63, 3.8) is 0 Å². The van der Waals surface area contributed by atoms with Gasteiger partial charge < -0.3 is 4.74 Å². The predicted octanol–water partition coefficient (Wildman–Crippen LogP) is 1.90. The number of rotatable bonds is 3. The summed E-state index contributed by atoms with van der Waals surface area (Å²) in [6, 6.07) is 4.94. The fourth-order valence-corrected chi connectivity index (χ4v) is 2.55. The number of methoxy groups -OCH3 is 1. The number of nitrogens with zero attached hydrogens (tertiary/aromatic N) is 1. The first kappa shape index (κ1) is 15.7. The lowest BCUT2D eigenvalue weighted by Crippen LogP contribution is -2.30. The van der Waals surface area contributed by atoms with Crippen LogP contribution in [-0.2, 0) is 11.3 Å². The average Bonchev–Trinajstić information content (AvgIpc) is 2.45. The molecule has 0 aliphatic heterocycles. The van der Waals surface area contributed by atoms with E-state index in [9.17, 15) is 14.4 Å². The van der Waals surface area contributed by atoms with Crippen molar-refractivity contribution in [3.05, 3.63) is 65.3 Å². The molecule has 0 saturated heterocycles. The van der Waals surface area contributed by atoms with Crippen LogP contribution in [0.25, 0.3) is 0 Å². The second-order valence-electron chi connectivity index (χ2n) is 4.16. The summed E-state index contributed by atoms with van der Waals surface area (Å²) in [5.41, 5.74) is 0.204. The molecule has 0 aliphatic rings. The standard InChI is InChI=1S/C13H10Br2N2O4/c1-21-12(19)7-2-3-8(9(14)4-7)5-17-6-10(15)11(18)16-13(17)20/h2-4,6H,5H2,1H3,(H,16,18,20). The van der Waals surface area contributed by atoms with Crippen LogP contribution in [0.15, 0.2) is 42.9 Å². The number of ether oxygens (including phenoxy) is 1. The lowest BCUT2D eigenvalue weighted by atomic mass is 10.1. The zero-order valence-electron chi connectivity index (χ0n) is 10.9. The summed E-state index contributed by atoms with van der Waals surface area (Å²) < 4.78 is 6.92. The van der Waals surface area contributed by atoms with Gasteiger partial charge in [-0.25, -0.2) is 9.59 Å². The van der Waals surface area contributed by atoms with Gasteiger partial charge >= 0.3 is 11.7 Å². The molecule has 0 saturated carbocycles. The molecule has 110 valence electrons. The quantitative estimate of drug-likeness (QED) is 0.773. The molecule has 0 fully saturated rings. The van der Waals surface area contributed by atoms with Crippen molar-refractivity contribution in [3.8, 4) is 0 Å². The van der Waals surface area contributed by atoms with Crippen LogP contribution in [0, 0.1) is 0 Å². The Kier molecular flexibility index (Phi) is 4.79. The number of nitrogens with one attached hydrogen (secondary N) is 1. The minimum absolute atomic E-state index is 0.246. The Labute approximate surface area is 136 Å². The Morgan fingerprint density at radius 2 is 2.00 bits per heavy atom. The SMILES string of the molecule is COC(=O)c1ccc(Cn2cc(Br)c(=O)[nH]c2=O)c(Br)c1. The van der Waals surface area contributed by atoms with Gasteiger partial charge in [-0.15, -0.1) is 0 Å². The highest BCUT2D eigenvalue weighted by Gasteiger charge is 2.10. The normalized spacial score (nSPS) is 10.4. The maximum Gasteiger partial charge on any atom is 0.337 e. The molecule has 1 aromatic carbocycles. The first-order chi connectivity index (χ1) is 9.92. The topological polar surface area (TPSA) is 81.2 Å². The molecule has 6 nitrogen and oxygen atoms in total. The van der Waals surface area contributed by atoms with Crippen molar-refractivity contribution in [2.75, 3.05) is 7.11 Å². The predicted molar refractivity (Wildman–Crippen MR) is 83.6 cm³/mol. The third-order valence-corrected chi connectivity index (χ3v) is 4.09. The second kappa shape index (κ2) is 6.40. The van der Waals surface area contributed by atoms with E-state index in [0.717, 1.165) is 5.56 Å².